The number of rotatable bonds is 11. The van der Waals surface area contributed by atoms with Gasteiger partial charge in [0, 0.05) is 18.1 Å². The number of sulfone groups is 1. The van der Waals surface area contributed by atoms with Gasteiger partial charge in [0.2, 0.25) is 15.9 Å². The van der Waals surface area contributed by atoms with E-state index in [-0.39, 0.29) is 23.7 Å². The Morgan fingerprint density at radius 2 is 1.84 bits per heavy atom. The fourth-order valence-electron chi connectivity index (χ4n) is 2.00. The van der Waals surface area contributed by atoms with Crippen molar-refractivity contribution in [1.29, 1.82) is 0 Å². The second kappa shape index (κ2) is 10.1. The highest BCUT2D eigenvalue weighted by molar-refractivity contribution is 7.92. The first-order valence-electron chi connectivity index (χ1n) is 7.88. The van der Waals surface area contributed by atoms with E-state index in [1.54, 1.807) is 6.07 Å². The number of benzene rings is 1. The summed E-state index contributed by atoms with van der Waals surface area (Å²) in [6, 6.07) is 5.78. The van der Waals surface area contributed by atoms with Crippen LogP contribution in [0.1, 0.15) is 26.2 Å². The zero-order valence-electron chi connectivity index (χ0n) is 14.0. The lowest BCUT2D eigenvalue weighted by molar-refractivity contribution is -0.118. The van der Waals surface area contributed by atoms with Crippen LogP contribution in [0.2, 0.25) is 5.02 Å². The molecule has 25 heavy (non-hydrogen) atoms. The smallest absolute Gasteiger partial charge is 0.240 e. The fourth-order valence-corrected chi connectivity index (χ4v) is 4.62. The van der Waals surface area contributed by atoms with E-state index < -0.39 is 31.5 Å². The number of sulfonamides is 1. The van der Waals surface area contributed by atoms with Gasteiger partial charge >= 0.3 is 0 Å². The van der Waals surface area contributed by atoms with Crippen molar-refractivity contribution in [2.45, 2.75) is 31.1 Å². The van der Waals surface area contributed by atoms with Crippen molar-refractivity contribution in [3.8, 4) is 0 Å². The van der Waals surface area contributed by atoms with E-state index in [2.05, 4.69) is 10.0 Å². The van der Waals surface area contributed by atoms with Crippen molar-refractivity contribution >= 4 is 37.4 Å². The molecule has 1 rings (SSSR count). The molecular formula is C15H23ClN2O5S2. The molecule has 142 valence electrons. The summed E-state index contributed by atoms with van der Waals surface area (Å²) in [5, 5.41) is 2.69. The fraction of sp³-hybridized carbons (Fsp3) is 0.533. The maximum Gasteiger partial charge on any atom is 0.240 e. The van der Waals surface area contributed by atoms with E-state index in [0.29, 0.717) is 11.4 Å². The number of hydrogen-bond acceptors (Lipinski definition) is 5. The molecule has 1 aromatic carbocycles. The Hall–Kier alpha value is -1.16. The molecule has 0 unspecified atom stereocenters. The van der Waals surface area contributed by atoms with Gasteiger partial charge in [-0.25, -0.2) is 21.6 Å². The SMILES string of the molecule is CCCCCS(=O)(=O)CC(=O)NCCNS(=O)(=O)c1cccc(Cl)c1. The van der Waals surface area contributed by atoms with Crippen molar-refractivity contribution < 1.29 is 21.6 Å². The molecule has 0 atom stereocenters. The normalized spacial score (nSPS) is 12.1. The standard InChI is InChI=1S/C15H23ClN2O5S2/c1-2-3-4-10-24(20,21)12-15(19)17-8-9-18-25(22,23)14-7-5-6-13(16)11-14/h5-7,11,18H,2-4,8-10,12H2,1H3,(H,17,19). The first-order valence-corrected chi connectivity index (χ1v) is 11.6. The topological polar surface area (TPSA) is 109 Å². The minimum Gasteiger partial charge on any atom is -0.354 e. The van der Waals surface area contributed by atoms with E-state index in [1.807, 2.05) is 6.92 Å². The second-order valence-electron chi connectivity index (χ2n) is 5.50. The van der Waals surface area contributed by atoms with E-state index >= 15 is 0 Å². The lowest BCUT2D eigenvalue weighted by Crippen LogP contribution is -2.37. The van der Waals surface area contributed by atoms with Crippen LogP contribution in [0, 0.1) is 0 Å². The van der Waals surface area contributed by atoms with Crippen LogP contribution >= 0.6 is 11.6 Å². The third kappa shape index (κ3) is 8.66. The molecule has 0 aliphatic rings. The summed E-state index contributed by atoms with van der Waals surface area (Å²) in [5.41, 5.74) is 0. The van der Waals surface area contributed by atoms with E-state index in [0.717, 1.165) is 12.8 Å². The highest BCUT2D eigenvalue weighted by atomic mass is 35.5. The number of unbranched alkanes of at least 4 members (excludes halogenated alkanes) is 2. The zero-order chi connectivity index (χ0) is 18.9. The van der Waals surface area contributed by atoms with Crippen LogP contribution in [-0.2, 0) is 24.7 Å². The summed E-state index contributed by atoms with van der Waals surface area (Å²) >= 11 is 5.75. The molecule has 0 radical (unpaired) electrons. The lowest BCUT2D eigenvalue weighted by Gasteiger charge is -2.09. The number of hydrogen-bond donors (Lipinski definition) is 2. The van der Waals surface area contributed by atoms with Crippen molar-refractivity contribution in [2.75, 3.05) is 24.6 Å². The molecule has 0 aliphatic heterocycles. The number of carbonyl (C=O) groups excluding carboxylic acids is 1. The first kappa shape index (κ1) is 21.9. The van der Waals surface area contributed by atoms with Gasteiger partial charge in [0.05, 0.1) is 10.6 Å². The van der Waals surface area contributed by atoms with Crippen LogP contribution in [0.25, 0.3) is 0 Å². The molecule has 1 aromatic rings. The van der Waals surface area contributed by atoms with Crippen LogP contribution in [0.5, 0.6) is 0 Å². The van der Waals surface area contributed by atoms with Crippen molar-refractivity contribution in [2.24, 2.45) is 0 Å². The summed E-state index contributed by atoms with van der Waals surface area (Å²) < 4.78 is 49.8. The van der Waals surface area contributed by atoms with Crippen molar-refractivity contribution in [3.05, 3.63) is 29.3 Å². The maximum atomic E-state index is 12.0. The summed E-state index contributed by atoms with van der Waals surface area (Å²) in [4.78, 5) is 11.7. The second-order valence-corrected chi connectivity index (χ2v) is 9.89. The highest BCUT2D eigenvalue weighted by Gasteiger charge is 2.17. The Labute approximate surface area is 154 Å². The minimum absolute atomic E-state index is 0.0108. The number of carbonyl (C=O) groups is 1. The van der Waals surface area contributed by atoms with Gasteiger partial charge in [0.15, 0.2) is 9.84 Å². The Morgan fingerprint density at radius 3 is 2.48 bits per heavy atom. The van der Waals surface area contributed by atoms with Crippen LogP contribution in [0.3, 0.4) is 0 Å². The van der Waals surface area contributed by atoms with Gasteiger partial charge in [0.1, 0.15) is 5.75 Å². The maximum absolute atomic E-state index is 12.0. The molecule has 2 N–H and O–H groups in total. The Kier molecular flexibility index (Phi) is 8.84. The summed E-state index contributed by atoms with van der Waals surface area (Å²) in [5.74, 6) is -1.24. The number of nitrogens with one attached hydrogen (secondary N) is 2. The molecule has 0 saturated heterocycles. The Balaban J connectivity index is 2.38. The molecule has 0 fully saturated rings. The van der Waals surface area contributed by atoms with Gasteiger partial charge in [-0.1, -0.05) is 37.4 Å². The molecule has 0 heterocycles. The highest BCUT2D eigenvalue weighted by Crippen LogP contribution is 2.14. The van der Waals surface area contributed by atoms with Gasteiger partial charge in [-0.3, -0.25) is 4.79 Å². The van der Waals surface area contributed by atoms with Gasteiger partial charge in [0.25, 0.3) is 0 Å². The zero-order valence-corrected chi connectivity index (χ0v) is 16.4. The largest absolute Gasteiger partial charge is 0.354 e. The molecule has 0 spiro atoms. The Morgan fingerprint density at radius 1 is 1.12 bits per heavy atom. The van der Waals surface area contributed by atoms with Crippen LogP contribution in [-0.4, -0.2) is 47.3 Å². The van der Waals surface area contributed by atoms with Crippen molar-refractivity contribution in [1.82, 2.24) is 10.0 Å². The monoisotopic (exact) mass is 410 g/mol. The average Bonchev–Trinajstić information content (AvgIpc) is 2.51. The predicted molar refractivity (Wildman–Crippen MR) is 97.8 cm³/mol. The van der Waals surface area contributed by atoms with Crippen molar-refractivity contribution in [3.63, 3.8) is 0 Å². The molecule has 7 nitrogen and oxygen atoms in total. The summed E-state index contributed by atoms with van der Waals surface area (Å²) in [6.45, 7) is 1.89. The van der Waals surface area contributed by atoms with Crippen LogP contribution in [0.4, 0.5) is 0 Å². The molecular weight excluding hydrogens is 388 g/mol. The summed E-state index contributed by atoms with van der Waals surface area (Å²) in [6.07, 6.45) is 2.23. The third-order valence-electron chi connectivity index (χ3n) is 3.26. The van der Waals surface area contributed by atoms with Crippen LogP contribution < -0.4 is 10.0 Å². The summed E-state index contributed by atoms with van der Waals surface area (Å²) in [7, 11) is -7.17. The molecule has 0 bridgehead atoms. The van der Waals surface area contributed by atoms with E-state index in [1.165, 1.54) is 18.2 Å². The number of amides is 1. The van der Waals surface area contributed by atoms with E-state index in [4.69, 9.17) is 11.6 Å². The molecule has 0 saturated carbocycles. The predicted octanol–water partition coefficient (Wildman–Crippen LogP) is 1.34. The molecule has 0 aromatic heterocycles. The van der Waals surface area contributed by atoms with Gasteiger partial charge in [-0.2, -0.15) is 0 Å². The third-order valence-corrected chi connectivity index (χ3v) is 6.56. The van der Waals surface area contributed by atoms with Gasteiger partial charge in [-0.15, -0.1) is 0 Å². The molecule has 10 heteroatoms. The Bertz CT molecular complexity index is 779. The quantitative estimate of drug-likeness (QED) is 0.535. The minimum atomic E-state index is -3.73. The molecule has 0 aliphatic carbocycles. The van der Waals surface area contributed by atoms with E-state index in [9.17, 15) is 21.6 Å². The van der Waals surface area contributed by atoms with Gasteiger partial charge < -0.3 is 5.32 Å². The molecule has 1 amide bonds. The first-order chi connectivity index (χ1) is 11.7. The number of halogens is 1. The van der Waals surface area contributed by atoms with Gasteiger partial charge in [-0.05, 0) is 24.6 Å². The lowest BCUT2D eigenvalue weighted by atomic mass is 10.3. The average molecular weight is 411 g/mol. The van der Waals surface area contributed by atoms with Crippen LogP contribution in [0.15, 0.2) is 29.2 Å².